The molecule has 0 atom stereocenters. The highest BCUT2D eigenvalue weighted by Gasteiger charge is 2.26. The summed E-state index contributed by atoms with van der Waals surface area (Å²) in [5.74, 6) is -1.52. The van der Waals surface area contributed by atoms with E-state index in [0.29, 0.717) is 22.1 Å². The molecule has 0 spiro atoms. The Morgan fingerprint density at radius 2 is 1.92 bits per heavy atom. The fourth-order valence-corrected chi connectivity index (χ4v) is 2.60. The molecule has 1 aliphatic heterocycles. The number of hydrogen-bond acceptors (Lipinski definition) is 5. The van der Waals surface area contributed by atoms with Gasteiger partial charge in [-0.2, -0.15) is 0 Å². The van der Waals surface area contributed by atoms with Gasteiger partial charge in [-0.05, 0) is 42.5 Å². The fraction of sp³-hybridized carbons (Fsp3) is 0.118. The first kappa shape index (κ1) is 16.8. The molecule has 0 fully saturated rings. The molecule has 25 heavy (non-hydrogen) atoms. The molecule has 2 aromatic rings. The van der Waals surface area contributed by atoms with Crippen molar-refractivity contribution in [2.24, 2.45) is 0 Å². The first-order chi connectivity index (χ1) is 11.9. The number of aromatic carboxylic acids is 1. The number of anilines is 2. The highest BCUT2D eigenvalue weighted by atomic mass is 35.5. The summed E-state index contributed by atoms with van der Waals surface area (Å²) in [6.45, 7) is -0.151. The van der Waals surface area contributed by atoms with Crippen LogP contribution in [0.2, 0.25) is 5.02 Å². The molecule has 0 aliphatic carbocycles. The van der Waals surface area contributed by atoms with E-state index in [1.807, 2.05) is 0 Å². The Kier molecular flexibility index (Phi) is 4.58. The van der Waals surface area contributed by atoms with Gasteiger partial charge in [-0.3, -0.25) is 4.79 Å². The van der Waals surface area contributed by atoms with E-state index in [4.69, 9.17) is 21.4 Å². The number of carbonyl (C=O) groups excluding carboxylic acids is 2. The van der Waals surface area contributed by atoms with Crippen molar-refractivity contribution in [3.8, 4) is 5.75 Å². The molecule has 0 bridgehead atoms. The number of nitrogens with one attached hydrogen (secondary N) is 1. The van der Waals surface area contributed by atoms with Gasteiger partial charge in [-0.25, -0.2) is 9.59 Å². The predicted molar refractivity (Wildman–Crippen MR) is 91.3 cm³/mol. The van der Waals surface area contributed by atoms with E-state index in [1.165, 1.54) is 24.3 Å². The average Bonchev–Trinajstić information content (AvgIpc) is 2.56. The number of carbonyl (C=O) groups is 3. The molecule has 0 saturated carbocycles. The zero-order valence-electron chi connectivity index (χ0n) is 12.9. The number of nitrogens with zero attached hydrogens (tertiary/aromatic N) is 1. The van der Waals surface area contributed by atoms with Crippen LogP contribution in [0.3, 0.4) is 0 Å². The van der Waals surface area contributed by atoms with Crippen molar-refractivity contribution in [3.05, 3.63) is 53.1 Å². The Balaban J connectivity index is 1.72. The van der Waals surface area contributed by atoms with Gasteiger partial charge in [0.2, 0.25) is 5.91 Å². The quantitative estimate of drug-likeness (QED) is 0.642. The number of esters is 1. The van der Waals surface area contributed by atoms with E-state index >= 15 is 0 Å². The van der Waals surface area contributed by atoms with Crippen molar-refractivity contribution in [1.82, 2.24) is 0 Å². The van der Waals surface area contributed by atoms with Crippen LogP contribution in [-0.4, -0.2) is 36.0 Å². The minimum absolute atomic E-state index is 0.0707. The molecule has 0 radical (unpaired) electrons. The maximum absolute atomic E-state index is 12.2. The van der Waals surface area contributed by atoms with Crippen molar-refractivity contribution < 1.29 is 24.2 Å². The molecule has 0 aromatic heterocycles. The van der Waals surface area contributed by atoms with E-state index in [9.17, 15) is 14.4 Å². The van der Waals surface area contributed by atoms with Crippen LogP contribution in [-0.2, 0) is 9.59 Å². The van der Waals surface area contributed by atoms with Crippen LogP contribution in [0.15, 0.2) is 42.5 Å². The molecule has 128 valence electrons. The van der Waals surface area contributed by atoms with E-state index < -0.39 is 11.9 Å². The lowest BCUT2D eigenvalue weighted by Gasteiger charge is -2.29. The van der Waals surface area contributed by atoms with Gasteiger partial charge in [0, 0.05) is 10.7 Å². The lowest BCUT2D eigenvalue weighted by Crippen LogP contribution is -2.41. The third-order valence-corrected chi connectivity index (χ3v) is 3.79. The van der Waals surface area contributed by atoms with Gasteiger partial charge in [0.25, 0.3) is 0 Å². The number of carboxylic acids is 1. The zero-order chi connectivity index (χ0) is 18.0. The summed E-state index contributed by atoms with van der Waals surface area (Å²) in [7, 11) is 0. The number of fused-ring (bicyclic) bond motifs is 1. The summed E-state index contributed by atoms with van der Waals surface area (Å²) in [4.78, 5) is 36.3. The normalized spacial score (nSPS) is 13.0. The largest absolute Gasteiger partial charge is 0.478 e. The summed E-state index contributed by atoms with van der Waals surface area (Å²) < 4.78 is 5.13. The second kappa shape index (κ2) is 6.82. The number of ether oxygens (including phenoxy) is 1. The van der Waals surface area contributed by atoms with Crippen molar-refractivity contribution in [3.63, 3.8) is 0 Å². The van der Waals surface area contributed by atoms with E-state index in [-0.39, 0.29) is 24.6 Å². The van der Waals surface area contributed by atoms with Gasteiger partial charge in [-0.15, -0.1) is 0 Å². The Morgan fingerprint density at radius 3 is 2.60 bits per heavy atom. The molecular formula is C17H13ClN2O5. The van der Waals surface area contributed by atoms with E-state index in [0.717, 1.165) is 0 Å². The first-order valence-corrected chi connectivity index (χ1v) is 7.68. The maximum Gasteiger partial charge on any atom is 0.335 e. The monoisotopic (exact) mass is 360 g/mol. The van der Waals surface area contributed by atoms with Gasteiger partial charge in [0.05, 0.1) is 17.8 Å². The predicted octanol–water partition coefficient (Wildman–Crippen LogP) is 2.40. The standard InChI is InChI=1S/C17H13ClN2O5/c18-11-3-6-14-13(7-11)20(9-16(22)25-14)8-15(21)19-12-4-1-10(2-5-12)17(23)24/h1-7H,8-9H2,(H,19,21)(H,23,24). The summed E-state index contributed by atoms with van der Waals surface area (Å²) in [5.41, 5.74) is 1.14. The summed E-state index contributed by atoms with van der Waals surface area (Å²) >= 11 is 5.97. The minimum Gasteiger partial charge on any atom is -0.478 e. The topological polar surface area (TPSA) is 95.9 Å². The summed E-state index contributed by atoms with van der Waals surface area (Å²) in [5, 5.41) is 12.0. The van der Waals surface area contributed by atoms with Crippen molar-refractivity contribution >= 4 is 40.8 Å². The lowest BCUT2D eigenvalue weighted by molar-refractivity contribution is -0.133. The Labute approximate surface area is 147 Å². The molecule has 1 heterocycles. The third kappa shape index (κ3) is 3.89. The molecule has 3 rings (SSSR count). The molecule has 2 N–H and O–H groups in total. The van der Waals surface area contributed by atoms with Gasteiger partial charge in [0.1, 0.15) is 6.54 Å². The maximum atomic E-state index is 12.2. The molecule has 1 aliphatic rings. The van der Waals surface area contributed by atoms with Gasteiger partial charge in [-0.1, -0.05) is 11.6 Å². The molecule has 8 heteroatoms. The number of amides is 1. The SMILES string of the molecule is O=C(CN1CC(=O)Oc2ccc(Cl)cc21)Nc1ccc(C(=O)O)cc1. The minimum atomic E-state index is -1.04. The lowest BCUT2D eigenvalue weighted by atomic mass is 10.2. The molecule has 1 amide bonds. The van der Waals surface area contributed by atoms with Crippen LogP contribution in [0.5, 0.6) is 5.75 Å². The average molecular weight is 361 g/mol. The third-order valence-electron chi connectivity index (χ3n) is 3.56. The van der Waals surface area contributed by atoms with Crippen molar-refractivity contribution in [1.29, 1.82) is 0 Å². The molecule has 0 saturated heterocycles. The van der Waals surface area contributed by atoms with Crippen LogP contribution in [0.1, 0.15) is 10.4 Å². The Hall–Kier alpha value is -3.06. The Morgan fingerprint density at radius 1 is 1.20 bits per heavy atom. The molecule has 7 nitrogen and oxygen atoms in total. The number of halogens is 1. The summed E-state index contributed by atoms with van der Waals surface area (Å²) in [6.07, 6.45) is 0. The van der Waals surface area contributed by atoms with Crippen LogP contribution in [0.4, 0.5) is 11.4 Å². The number of hydrogen-bond donors (Lipinski definition) is 2. The van der Waals surface area contributed by atoms with Gasteiger partial charge >= 0.3 is 11.9 Å². The van der Waals surface area contributed by atoms with Crippen molar-refractivity contribution in [2.45, 2.75) is 0 Å². The van der Waals surface area contributed by atoms with Gasteiger partial charge in [0.15, 0.2) is 5.75 Å². The van der Waals surface area contributed by atoms with E-state index in [2.05, 4.69) is 5.32 Å². The highest BCUT2D eigenvalue weighted by molar-refractivity contribution is 6.31. The molecule has 0 unspecified atom stereocenters. The van der Waals surface area contributed by atoms with Crippen LogP contribution in [0.25, 0.3) is 0 Å². The fourth-order valence-electron chi connectivity index (χ4n) is 2.43. The second-order valence-electron chi connectivity index (χ2n) is 5.37. The first-order valence-electron chi connectivity index (χ1n) is 7.31. The number of rotatable bonds is 4. The van der Waals surface area contributed by atoms with E-state index in [1.54, 1.807) is 23.1 Å². The number of carboxylic acid groups (broad SMARTS) is 1. The van der Waals surface area contributed by atoms with Crippen molar-refractivity contribution in [2.75, 3.05) is 23.3 Å². The number of benzene rings is 2. The highest BCUT2D eigenvalue weighted by Crippen LogP contribution is 2.34. The second-order valence-corrected chi connectivity index (χ2v) is 5.81. The molecular weight excluding hydrogens is 348 g/mol. The van der Waals surface area contributed by atoms with Crippen LogP contribution >= 0.6 is 11.6 Å². The van der Waals surface area contributed by atoms with Gasteiger partial charge < -0.3 is 20.1 Å². The summed E-state index contributed by atoms with van der Waals surface area (Å²) in [6, 6.07) is 10.6. The van der Waals surface area contributed by atoms with Crippen LogP contribution < -0.4 is 15.0 Å². The smallest absolute Gasteiger partial charge is 0.335 e. The van der Waals surface area contributed by atoms with Crippen LogP contribution in [0, 0.1) is 0 Å². The zero-order valence-corrected chi connectivity index (χ0v) is 13.6. The molecule has 2 aromatic carbocycles. The Bertz CT molecular complexity index is 851.